The molecule has 3 aromatic rings. The van der Waals surface area contributed by atoms with Crippen LogP contribution >= 0.6 is 0 Å². The van der Waals surface area contributed by atoms with E-state index < -0.39 is 11.6 Å². The number of rotatable bonds is 2. The van der Waals surface area contributed by atoms with Crippen molar-refractivity contribution in [3.8, 4) is 0 Å². The molecule has 1 unspecified atom stereocenters. The fourth-order valence-corrected chi connectivity index (χ4v) is 3.67. The molecule has 0 bridgehead atoms. The largest absolute Gasteiger partial charge is 0.370 e. The Kier molecular flexibility index (Phi) is 3.86. The van der Waals surface area contributed by atoms with E-state index in [1.54, 1.807) is 19.3 Å². The molecule has 1 aliphatic heterocycles. The third-order valence-electron chi connectivity index (χ3n) is 4.85. The fourth-order valence-electron chi connectivity index (χ4n) is 3.67. The van der Waals surface area contributed by atoms with E-state index in [9.17, 15) is 8.78 Å². The first kappa shape index (κ1) is 15.9. The third kappa shape index (κ3) is 2.73. The van der Waals surface area contributed by atoms with Crippen LogP contribution in [0.3, 0.4) is 0 Å². The Hall–Kier alpha value is -2.57. The number of aromatic nitrogens is 4. The number of pyridine rings is 1. The molecule has 4 rings (SSSR count). The van der Waals surface area contributed by atoms with Crippen LogP contribution in [0.4, 0.5) is 14.5 Å². The molecule has 0 aliphatic carbocycles. The van der Waals surface area contributed by atoms with Gasteiger partial charge in [0.25, 0.3) is 0 Å². The molecular formula is C18H19F2N5. The maximum absolute atomic E-state index is 14.2. The van der Waals surface area contributed by atoms with Gasteiger partial charge < -0.3 is 9.47 Å². The summed E-state index contributed by atoms with van der Waals surface area (Å²) in [7, 11) is 1.94. The first-order valence-electron chi connectivity index (χ1n) is 8.39. The minimum atomic E-state index is -0.885. The second-order valence-corrected chi connectivity index (χ2v) is 6.63. The van der Waals surface area contributed by atoms with Gasteiger partial charge in [-0.1, -0.05) is 0 Å². The van der Waals surface area contributed by atoms with Crippen molar-refractivity contribution in [2.45, 2.75) is 25.7 Å². The van der Waals surface area contributed by atoms with Crippen LogP contribution in [0, 0.1) is 18.6 Å². The number of benzene rings is 1. The zero-order chi connectivity index (χ0) is 17.6. The van der Waals surface area contributed by atoms with Gasteiger partial charge in [-0.05, 0) is 38.0 Å². The second kappa shape index (κ2) is 6.06. The lowest BCUT2D eigenvalue weighted by Crippen LogP contribution is -2.35. The topological polar surface area (TPSA) is 46.8 Å². The SMILES string of the molecule is Cc1cc(N2CCCC(c3nncn3C)C2)c2ccc(F)c(F)c2n1. The molecule has 0 N–H and O–H groups in total. The van der Waals surface area contributed by atoms with E-state index in [2.05, 4.69) is 20.1 Å². The molecule has 1 saturated heterocycles. The molecule has 1 fully saturated rings. The minimum Gasteiger partial charge on any atom is -0.370 e. The molecule has 2 aromatic heterocycles. The molecule has 1 aliphatic rings. The zero-order valence-corrected chi connectivity index (χ0v) is 14.2. The van der Waals surface area contributed by atoms with E-state index >= 15 is 0 Å². The lowest BCUT2D eigenvalue weighted by atomic mass is 9.96. The Morgan fingerprint density at radius 3 is 2.84 bits per heavy atom. The zero-order valence-electron chi connectivity index (χ0n) is 14.2. The van der Waals surface area contributed by atoms with Crippen molar-refractivity contribution in [3.63, 3.8) is 0 Å². The molecule has 3 heterocycles. The molecular weight excluding hydrogens is 324 g/mol. The Labute approximate surface area is 144 Å². The molecule has 0 amide bonds. The van der Waals surface area contributed by atoms with Gasteiger partial charge in [0.1, 0.15) is 17.7 Å². The van der Waals surface area contributed by atoms with E-state index in [-0.39, 0.29) is 11.4 Å². The Balaban J connectivity index is 1.76. The molecule has 7 heteroatoms. The van der Waals surface area contributed by atoms with E-state index in [1.807, 2.05) is 17.7 Å². The summed E-state index contributed by atoms with van der Waals surface area (Å²) < 4.78 is 29.7. The van der Waals surface area contributed by atoms with Gasteiger partial charge >= 0.3 is 0 Å². The molecule has 0 radical (unpaired) electrons. The number of fused-ring (bicyclic) bond motifs is 1. The standard InChI is InChI=1S/C18H19F2N5/c1-11-8-15(13-5-6-14(19)16(20)17(13)22-11)25-7-3-4-12(9-25)18-23-21-10-24(18)2/h5-6,8,10,12H,3-4,7,9H2,1-2H3. The maximum atomic E-state index is 14.2. The minimum absolute atomic E-state index is 0.0933. The highest BCUT2D eigenvalue weighted by molar-refractivity contribution is 5.92. The number of hydrogen-bond donors (Lipinski definition) is 0. The lowest BCUT2D eigenvalue weighted by molar-refractivity contribution is 0.480. The first-order chi connectivity index (χ1) is 12.0. The molecule has 25 heavy (non-hydrogen) atoms. The van der Waals surface area contributed by atoms with Crippen LogP contribution in [0.5, 0.6) is 0 Å². The van der Waals surface area contributed by atoms with Gasteiger partial charge in [0.15, 0.2) is 11.6 Å². The normalized spacial score (nSPS) is 18.1. The van der Waals surface area contributed by atoms with Gasteiger partial charge in [-0.15, -0.1) is 10.2 Å². The van der Waals surface area contributed by atoms with Crippen molar-refractivity contribution in [2.24, 2.45) is 7.05 Å². The van der Waals surface area contributed by atoms with Crippen molar-refractivity contribution in [3.05, 3.63) is 47.7 Å². The third-order valence-corrected chi connectivity index (χ3v) is 4.85. The van der Waals surface area contributed by atoms with Crippen molar-refractivity contribution < 1.29 is 8.78 Å². The summed E-state index contributed by atoms with van der Waals surface area (Å²) in [5.41, 5.74) is 1.66. The van der Waals surface area contributed by atoms with Crippen molar-refractivity contribution in [1.29, 1.82) is 0 Å². The number of nitrogens with zero attached hydrogens (tertiary/aromatic N) is 5. The number of anilines is 1. The smallest absolute Gasteiger partial charge is 0.185 e. The number of piperidine rings is 1. The van der Waals surface area contributed by atoms with Crippen LogP contribution in [-0.4, -0.2) is 32.8 Å². The summed E-state index contributed by atoms with van der Waals surface area (Å²) >= 11 is 0. The number of hydrogen-bond acceptors (Lipinski definition) is 4. The number of halogens is 2. The predicted octanol–water partition coefficient (Wildman–Crippen LogP) is 3.33. The molecule has 5 nitrogen and oxygen atoms in total. The van der Waals surface area contributed by atoms with Gasteiger partial charge in [0, 0.05) is 42.8 Å². The summed E-state index contributed by atoms with van der Waals surface area (Å²) in [6.07, 6.45) is 3.75. The van der Waals surface area contributed by atoms with Crippen molar-refractivity contribution in [1.82, 2.24) is 19.7 Å². The van der Waals surface area contributed by atoms with Gasteiger partial charge in [0.05, 0.1) is 0 Å². The lowest BCUT2D eigenvalue weighted by Gasteiger charge is -2.34. The fraction of sp³-hybridized carbons (Fsp3) is 0.389. The van der Waals surface area contributed by atoms with Gasteiger partial charge in [-0.3, -0.25) is 0 Å². The predicted molar refractivity (Wildman–Crippen MR) is 91.6 cm³/mol. The van der Waals surface area contributed by atoms with E-state index in [0.29, 0.717) is 11.1 Å². The van der Waals surface area contributed by atoms with Gasteiger partial charge in [-0.25, -0.2) is 13.8 Å². The van der Waals surface area contributed by atoms with Crippen molar-refractivity contribution in [2.75, 3.05) is 18.0 Å². The summed E-state index contributed by atoms with van der Waals surface area (Å²) in [5.74, 6) is -0.538. The quantitative estimate of drug-likeness (QED) is 0.716. The molecule has 130 valence electrons. The van der Waals surface area contributed by atoms with E-state index in [4.69, 9.17) is 0 Å². The van der Waals surface area contributed by atoms with Crippen molar-refractivity contribution >= 4 is 16.6 Å². The van der Waals surface area contributed by atoms with Gasteiger partial charge in [0.2, 0.25) is 0 Å². The molecule has 1 atom stereocenters. The average molecular weight is 343 g/mol. The first-order valence-corrected chi connectivity index (χ1v) is 8.39. The average Bonchev–Trinajstić information content (AvgIpc) is 3.04. The number of aryl methyl sites for hydroxylation is 2. The summed E-state index contributed by atoms with van der Waals surface area (Å²) in [6, 6.07) is 4.72. The monoisotopic (exact) mass is 343 g/mol. The Morgan fingerprint density at radius 2 is 2.08 bits per heavy atom. The van der Waals surface area contributed by atoms with Crippen LogP contribution in [0.15, 0.2) is 24.5 Å². The summed E-state index contributed by atoms with van der Waals surface area (Å²) in [6.45, 7) is 3.44. The van der Waals surface area contributed by atoms with Crippen LogP contribution in [0.2, 0.25) is 0 Å². The Morgan fingerprint density at radius 1 is 1.24 bits per heavy atom. The second-order valence-electron chi connectivity index (χ2n) is 6.63. The van der Waals surface area contributed by atoms with Crippen LogP contribution in [0.25, 0.3) is 10.9 Å². The van der Waals surface area contributed by atoms with Gasteiger partial charge in [-0.2, -0.15) is 0 Å². The molecule has 1 aromatic carbocycles. The highest BCUT2D eigenvalue weighted by Gasteiger charge is 2.26. The van der Waals surface area contributed by atoms with E-state index in [1.165, 1.54) is 6.07 Å². The molecule has 0 saturated carbocycles. The maximum Gasteiger partial charge on any atom is 0.185 e. The highest BCUT2D eigenvalue weighted by Crippen LogP contribution is 2.34. The highest BCUT2D eigenvalue weighted by atomic mass is 19.2. The van der Waals surface area contributed by atoms with Crippen LogP contribution in [0.1, 0.15) is 30.3 Å². The van der Waals surface area contributed by atoms with E-state index in [0.717, 1.165) is 37.4 Å². The Bertz CT molecular complexity index is 937. The molecule has 0 spiro atoms. The van der Waals surface area contributed by atoms with Crippen LogP contribution in [-0.2, 0) is 7.05 Å². The summed E-state index contributed by atoms with van der Waals surface area (Å²) in [5, 5.41) is 8.85. The summed E-state index contributed by atoms with van der Waals surface area (Å²) in [4.78, 5) is 6.43. The van der Waals surface area contributed by atoms with Crippen LogP contribution < -0.4 is 4.90 Å².